The van der Waals surface area contributed by atoms with Gasteiger partial charge in [-0.25, -0.2) is 0 Å². The van der Waals surface area contributed by atoms with Crippen LogP contribution >= 0.6 is 0 Å². The van der Waals surface area contributed by atoms with E-state index in [1.165, 1.54) is 149 Å². The number of rotatable bonds is 4. The van der Waals surface area contributed by atoms with Gasteiger partial charge in [-0.15, -0.1) is 0 Å². The third kappa shape index (κ3) is 5.78. The summed E-state index contributed by atoms with van der Waals surface area (Å²) in [5.41, 5.74) is 12.9. The molecule has 4 heteroatoms. The molecule has 0 aliphatic carbocycles. The average Bonchev–Trinajstić information content (AvgIpc) is 4.13. The van der Waals surface area contributed by atoms with Crippen LogP contribution in [0.15, 0.2) is 218 Å². The molecule has 4 aliphatic heterocycles. The summed E-state index contributed by atoms with van der Waals surface area (Å²) < 4.78 is 0. The lowest BCUT2D eigenvalue weighted by Crippen LogP contribution is -2.60. The first kappa shape index (κ1) is 40.4. The van der Waals surface area contributed by atoms with Crippen LogP contribution in [0.25, 0.3) is 65.3 Å². The third-order valence-electron chi connectivity index (χ3n) is 17.2. The van der Waals surface area contributed by atoms with Crippen LogP contribution in [0.4, 0.5) is 34.1 Å². The summed E-state index contributed by atoms with van der Waals surface area (Å²) in [6, 6.07) is 89.9. The van der Waals surface area contributed by atoms with Gasteiger partial charge in [0.25, 0.3) is 0 Å². The Hall–Kier alpha value is -7.51. The van der Waals surface area contributed by atoms with Gasteiger partial charge in [-0.3, -0.25) is 0 Å². The summed E-state index contributed by atoms with van der Waals surface area (Å²) in [4.78, 5) is 5.22. The molecule has 0 saturated carbocycles. The molecule has 0 unspecified atom stereocenters. The predicted octanol–water partition coefficient (Wildman–Crippen LogP) is 15.9. The number of benzene rings is 11. The van der Waals surface area contributed by atoms with Crippen molar-refractivity contribution in [3.8, 4) is 22.3 Å². The van der Waals surface area contributed by atoms with E-state index in [0.29, 0.717) is 0 Å². The largest absolute Gasteiger partial charge is 0.311 e. The first-order valence-electron chi connectivity index (χ1n) is 25.7. The number of hydrogen-bond donors (Lipinski definition) is 0. The highest BCUT2D eigenvalue weighted by atomic mass is 28.3. The van der Waals surface area contributed by atoms with Crippen molar-refractivity contribution in [1.82, 2.24) is 0 Å². The molecular weight excluding hydrogens is 877 g/mol. The minimum absolute atomic E-state index is 1.21. The van der Waals surface area contributed by atoms with Crippen molar-refractivity contribution in [3.05, 3.63) is 218 Å². The van der Waals surface area contributed by atoms with E-state index in [4.69, 9.17) is 0 Å². The van der Waals surface area contributed by atoms with E-state index in [2.05, 4.69) is 228 Å². The number of fused-ring (bicyclic) bond motifs is 12. The maximum Gasteiger partial charge on any atom is 0.123 e. The minimum Gasteiger partial charge on any atom is -0.311 e. The average molecular weight is 929 g/mol. The quantitative estimate of drug-likeness (QED) is 0.128. The maximum absolute atomic E-state index is 2.61. The van der Waals surface area contributed by atoms with Crippen molar-refractivity contribution < 1.29 is 0 Å². The van der Waals surface area contributed by atoms with Crippen LogP contribution in [-0.4, -0.2) is 16.1 Å². The summed E-state index contributed by atoms with van der Waals surface area (Å²) in [7, 11) is -3.82. The van der Waals surface area contributed by atoms with Gasteiger partial charge in [0.1, 0.15) is 16.1 Å². The highest BCUT2D eigenvalue weighted by Crippen LogP contribution is 2.51. The number of hydrogen-bond acceptors (Lipinski definition) is 2. The molecule has 11 aromatic carbocycles. The van der Waals surface area contributed by atoms with Gasteiger partial charge in [0, 0.05) is 34.1 Å². The smallest absolute Gasteiger partial charge is 0.123 e. The SMILES string of the molecule is c1ccc2c(c1)N(c1ccc3c(-c4ccc5ccccc5c4)c4cc(N5c6ccccc6[Si]6(CCCC6)c6ccccc65)ccc4c(-c4ccc5ccccc5c4)c3c1)c1ccccc1[Si]21CCCC1. The van der Waals surface area contributed by atoms with Crippen LogP contribution in [0, 0.1) is 0 Å². The first-order valence-corrected chi connectivity index (χ1v) is 30.5. The van der Waals surface area contributed by atoms with E-state index in [1.54, 1.807) is 20.7 Å². The van der Waals surface area contributed by atoms with Gasteiger partial charge in [0.15, 0.2) is 0 Å². The lowest BCUT2D eigenvalue weighted by atomic mass is 9.84. The molecule has 0 aromatic heterocycles. The summed E-state index contributed by atoms with van der Waals surface area (Å²) in [5.74, 6) is 0. The topological polar surface area (TPSA) is 6.48 Å². The lowest BCUT2D eigenvalue weighted by molar-refractivity contribution is 0.935. The molecule has 2 nitrogen and oxygen atoms in total. The van der Waals surface area contributed by atoms with E-state index in [0.717, 1.165) is 0 Å². The van der Waals surface area contributed by atoms with Gasteiger partial charge in [-0.05, 0) is 171 Å². The minimum atomic E-state index is -1.91. The molecule has 2 spiro atoms. The van der Waals surface area contributed by atoms with Gasteiger partial charge in [0.05, 0.1) is 0 Å². The van der Waals surface area contributed by atoms with Crippen molar-refractivity contribution in [1.29, 1.82) is 0 Å². The van der Waals surface area contributed by atoms with Crippen molar-refractivity contribution in [2.24, 2.45) is 0 Å². The molecule has 0 amide bonds. The fraction of sp³-hybridized carbons (Fsp3) is 0.121. The zero-order chi connectivity index (χ0) is 46.0. The Balaban J connectivity index is 1.04. The standard InChI is InChI=1S/C66H52N2Si2/c1-3-19-47-41-49(31-29-45(47)17-1)65-53-35-33-52(68-59-23-7-11-27-63(59)70(39-15-16-40-70)64-28-12-8-24-60(64)68)44-56(53)66(50-32-30-46-18-2-4-20-48(46)42-50)54-36-34-51(43-55(54)65)67-57-21-5-9-25-61(57)69(37-13-14-38-69)62-26-10-6-22-58(62)67/h1-12,17-36,41-44H,13-16,37-40H2. The normalized spacial score (nSPS) is 16.3. The zero-order valence-electron chi connectivity index (χ0n) is 39.3. The fourth-order valence-electron chi connectivity index (χ4n) is 14.2. The molecule has 4 heterocycles. The second kappa shape index (κ2) is 15.5. The molecule has 15 rings (SSSR count). The summed E-state index contributed by atoms with van der Waals surface area (Å²) in [5, 5.41) is 16.5. The Morgan fingerprint density at radius 1 is 0.271 bits per heavy atom. The second-order valence-corrected chi connectivity index (χ2v) is 29.1. The molecular formula is C66H52N2Si2. The monoisotopic (exact) mass is 928 g/mol. The Kier molecular flexibility index (Phi) is 8.94. The number of para-hydroxylation sites is 4. The highest BCUT2D eigenvalue weighted by Gasteiger charge is 2.48. The molecule has 0 bridgehead atoms. The Bertz CT molecular complexity index is 3600. The van der Waals surface area contributed by atoms with Gasteiger partial charge in [0.2, 0.25) is 0 Å². The first-order chi connectivity index (χ1) is 34.7. The van der Waals surface area contributed by atoms with Crippen LogP contribution in [-0.2, 0) is 0 Å². The summed E-state index contributed by atoms with van der Waals surface area (Å²) in [6.07, 6.45) is 5.30. The van der Waals surface area contributed by atoms with E-state index >= 15 is 0 Å². The highest BCUT2D eigenvalue weighted by molar-refractivity contribution is 7.05. The van der Waals surface area contributed by atoms with Crippen molar-refractivity contribution in [2.75, 3.05) is 9.80 Å². The van der Waals surface area contributed by atoms with Crippen molar-refractivity contribution >= 4 is 114 Å². The second-order valence-electron chi connectivity index (χ2n) is 20.7. The molecule has 70 heavy (non-hydrogen) atoms. The molecule has 0 radical (unpaired) electrons. The molecule has 0 atom stereocenters. The van der Waals surface area contributed by atoms with Crippen molar-refractivity contribution in [2.45, 2.75) is 49.9 Å². The summed E-state index contributed by atoms with van der Waals surface area (Å²) in [6.45, 7) is 0. The predicted molar refractivity (Wildman–Crippen MR) is 304 cm³/mol. The Morgan fingerprint density at radius 2 is 0.600 bits per heavy atom. The maximum atomic E-state index is 2.61. The Labute approximate surface area is 412 Å². The van der Waals surface area contributed by atoms with Gasteiger partial charge < -0.3 is 9.80 Å². The molecule has 4 aliphatic rings. The van der Waals surface area contributed by atoms with E-state index in [1.807, 2.05) is 0 Å². The van der Waals surface area contributed by atoms with E-state index in [9.17, 15) is 0 Å². The number of nitrogens with zero attached hydrogens (tertiary/aromatic N) is 2. The van der Waals surface area contributed by atoms with Crippen molar-refractivity contribution in [3.63, 3.8) is 0 Å². The fourth-order valence-corrected chi connectivity index (χ4v) is 25.3. The van der Waals surface area contributed by atoms with E-state index in [-0.39, 0.29) is 0 Å². The van der Waals surface area contributed by atoms with Crippen LogP contribution in [0.5, 0.6) is 0 Å². The van der Waals surface area contributed by atoms with Crippen LogP contribution in [0.3, 0.4) is 0 Å². The van der Waals surface area contributed by atoms with E-state index < -0.39 is 16.1 Å². The molecule has 0 N–H and O–H groups in total. The van der Waals surface area contributed by atoms with Crippen LogP contribution in [0.2, 0.25) is 24.2 Å². The molecule has 2 fully saturated rings. The van der Waals surface area contributed by atoms with Crippen LogP contribution < -0.4 is 30.5 Å². The molecule has 334 valence electrons. The van der Waals surface area contributed by atoms with Crippen LogP contribution in [0.1, 0.15) is 25.7 Å². The number of anilines is 6. The molecule has 11 aromatic rings. The van der Waals surface area contributed by atoms with Gasteiger partial charge in [-0.2, -0.15) is 0 Å². The third-order valence-corrected chi connectivity index (χ3v) is 27.9. The zero-order valence-corrected chi connectivity index (χ0v) is 41.3. The van der Waals surface area contributed by atoms with Gasteiger partial charge in [-0.1, -0.05) is 183 Å². The lowest BCUT2D eigenvalue weighted by Gasteiger charge is -2.43. The Morgan fingerprint density at radius 3 is 0.971 bits per heavy atom. The van der Waals surface area contributed by atoms with Gasteiger partial charge >= 0.3 is 0 Å². The molecule has 2 saturated heterocycles. The summed E-state index contributed by atoms with van der Waals surface area (Å²) >= 11 is 0.